The molecule has 0 aliphatic heterocycles. The summed E-state index contributed by atoms with van der Waals surface area (Å²) in [5, 5.41) is 4.63. The Morgan fingerprint density at radius 2 is 1.81 bits per heavy atom. The minimum atomic E-state index is -4.53. The van der Waals surface area contributed by atoms with Crippen molar-refractivity contribution in [2.75, 3.05) is 18.5 Å². The largest absolute Gasteiger partial charge is 0.484 e. The second-order valence-electron chi connectivity index (χ2n) is 5.14. The molecule has 0 spiro atoms. The van der Waals surface area contributed by atoms with Crippen LogP contribution in [0.1, 0.15) is 10.4 Å². The Labute approximate surface area is 152 Å². The minimum Gasteiger partial charge on any atom is -0.484 e. The Balaban J connectivity index is 1.98. The van der Waals surface area contributed by atoms with E-state index in [9.17, 15) is 22.8 Å². The molecule has 2 aromatic rings. The molecule has 0 unspecified atom stereocenters. The number of ether oxygens (including phenoxy) is 1. The summed E-state index contributed by atoms with van der Waals surface area (Å²) in [5.74, 6) is -1.15. The van der Waals surface area contributed by atoms with Crippen molar-refractivity contribution in [2.24, 2.45) is 0 Å². The zero-order valence-corrected chi connectivity index (χ0v) is 14.0. The number of nitrogens with one attached hydrogen (secondary N) is 2. The van der Waals surface area contributed by atoms with Crippen molar-refractivity contribution in [1.82, 2.24) is 5.32 Å². The molecule has 9 heteroatoms. The lowest BCUT2D eigenvalue weighted by Crippen LogP contribution is -2.34. The molecule has 5 nitrogen and oxygen atoms in total. The van der Waals surface area contributed by atoms with Gasteiger partial charge in [-0.25, -0.2) is 0 Å². The quantitative estimate of drug-likeness (QED) is 0.796. The predicted octanol–water partition coefficient (Wildman–Crippen LogP) is 3.65. The smallest absolute Gasteiger partial charge is 0.405 e. The molecular weight excluding hydrogens is 373 g/mol. The van der Waals surface area contributed by atoms with Gasteiger partial charge >= 0.3 is 6.18 Å². The minimum absolute atomic E-state index is 0.0758. The van der Waals surface area contributed by atoms with E-state index >= 15 is 0 Å². The Morgan fingerprint density at radius 3 is 2.50 bits per heavy atom. The number of rotatable bonds is 6. The van der Waals surface area contributed by atoms with Crippen molar-refractivity contribution >= 4 is 29.1 Å². The first kappa shape index (κ1) is 19.6. The van der Waals surface area contributed by atoms with Gasteiger partial charge in [0, 0.05) is 5.02 Å². The fraction of sp³-hybridized carbons (Fsp3) is 0.176. The Kier molecular flexibility index (Phi) is 6.46. The molecule has 0 atom stereocenters. The molecule has 2 aromatic carbocycles. The van der Waals surface area contributed by atoms with Gasteiger partial charge in [-0.3, -0.25) is 9.59 Å². The average molecular weight is 387 g/mol. The molecule has 0 saturated heterocycles. The average Bonchev–Trinajstić information content (AvgIpc) is 2.58. The van der Waals surface area contributed by atoms with E-state index in [-0.39, 0.29) is 17.9 Å². The summed E-state index contributed by atoms with van der Waals surface area (Å²) in [6, 6.07) is 12.1. The van der Waals surface area contributed by atoms with Gasteiger partial charge in [-0.05, 0) is 30.3 Å². The molecule has 0 bridgehead atoms. The van der Waals surface area contributed by atoms with Crippen molar-refractivity contribution in [3.8, 4) is 5.75 Å². The van der Waals surface area contributed by atoms with Crippen molar-refractivity contribution in [1.29, 1.82) is 0 Å². The third-order valence-corrected chi connectivity index (χ3v) is 3.30. The Bertz CT molecular complexity index is 797. The first-order valence-corrected chi connectivity index (χ1v) is 7.74. The highest BCUT2D eigenvalue weighted by Crippen LogP contribution is 2.19. The first-order valence-electron chi connectivity index (χ1n) is 7.37. The molecule has 2 rings (SSSR count). The van der Waals surface area contributed by atoms with Crippen LogP contribution in [-0.2, 0) is 4.79 Å². The topological polar surface area (TPSA) is 67.4 Å². The van der Waals surface area contributed by atoms with E-state index in [0.29, 0.717) is 10.8 Å². The fourth-order valence-corrected chi connectivity index (χ4v) is 2.14. The van der Waals surface area contributed by atoms with Crippen LogP contribution in [0.2, 0.25) is 5.02 Å². The van der Waals surface area contributed by atoms with Crippen LogP contribution in [0.15, 0.2) is 48.5 Å². The van der Waals surface area contributed by atoms with Gasteiger partial charge in [0.15, 0.2) is 6.61 Å². The van der Waals surface area contributed by atoms with Crippen LogP contribution in [0.25, 0.3) is 0 Å². The van der Waals surface area contributed by atoms with Crippen LogP contribution in [0, 0.1) is 0 Å². The van der Waals surface area contributed by atoms with Crippen LogP contribution in [0.3, 0.4) is 0 Å². The SMILES string of the molecule is O=C(COc1cccc(Cl)c1)Nc1ccccc1C(=O)NCC(F)(F)F. The lowest BCUT2D eigenvalue weighted by atomic mass is 10.1. The van der Waals surface area contributed by atoms with Crippen LogP contribution in [0.4, 0.5) is 18.9 Å². The molecule has 0 heterocycles. The van der Waals surface area contributed by atoms with E-state index in [2.05, 4.69) is 5.32 Å². The number of hydrogen-bond acceptors (Lipinski definition) is 3. The number of amides is 2. The van der Waals surface area contributed by atoms with E-state index in [0.717, 1.165) is 0 Å². The number of halogens is 4. The van der Waals surface area contributed by atoms with E-state index in [4.69, 9.17) is 16.3 Å². The van der Waals surface area contributed by atoms with Crippen molar-refractivity contribution < 1.29 is 27.5 Å². The maximum atomic E-state index is 12.2. The van der Waals surface area contributed by atoms with Crippen LogP contribution < -0.4 is 15.4 Å². The molecule has 0 saturated carbocycles. The third kappa shape index (κ3) is 6.29. The molecule has 0 aliphatic carbocycles. The van der Waals surface area contributed by atoms with Gasteiger partial charge in [-0.2, -0.15) is 13.2 Å². The maximum absolute atomic E-state index is 12.2. The molecule has 0 radical (unpaired) electrons. The van der Waals surface area contributed by atoms with E-state index in [1.54, 1.807) is 23.5 Å². The Hall–Kier alpha value is -2.74. The number of hydrogen-bond donors (Lipinski definition) is 2. The number of anilines is 1. The number of carbonyl (C=O) groups is 2. The second kappa shape index (κ2) is 8.57. The summed E-state index contributed by atoms with van der Waals surface area (Å²) in [5.41, 5.74) is -0.0141. The summed E-state index contributed by atoms with van der Waals surface area (Å²) in [4.78, 5) is 23.9. The van der Waals surface area contributed by atoms with E-state index < -0.39 is 24.5 Å². The zero-order valence-electron chi connectivity index (χ0n) is 13.3. The van der Waals surface area contributed by atoms with Gasteiger partial charge in [-0.1, -0.05) is 29.8 Å². The number of para-hydroxylation sites is 1. The molecule has 0 aliphatic rings. The first-order chi connectivity index (χ1) is 12.2. The van der Waals surface area contributed by atoms with Crippen molar-refractivity contribution in [3.05, 3.63) is 59.1 Å². The standard InChI is InChI=1S/C17H14ClF3N2O3/c18-11-4-3-5-12(8-11)26-9-15(24)23-14-7-2-1-6-13(14)16(25)22-10-17(19,20)21/h1-8H,9-10H2,(H,22,25)(H,23,24). The number of benzene rings is 2. The highest BCUT2D eigenvalue weighted by Gasteiger charge is 2.28. The summed E-state index contributed by atoms with van der Waals surface area (Å²) >= 11 is 5.80. The molecule has 0 fully saturated rings. The van der Waals surface area contributed by atoms with Gasteiger partial charge in [0.25, 0.3) is 11.8 Å². The normalized spacial score (nSPS) is 10.9. The lowest BCUT2D eigenvalue weighted by molar-refractivity contribution is -0.123. The summed E-state index contributed by atoms with van der Waals surface area (Å²) in [6.07, 6.45) is -4.53. The second-order valence-corrected chi connectivity index (χ2v) is 5.57. The highest BCUT2D eigenvalue weighted by atomic mass is 35.5. The summed E-state index contributed by atoms with van der Waals surface area (Å²) < 4.78 is 41.9. The van der Waals surface area contributed by atoms with E-state index in [1.807, 2.05) is 0 Å². The number of carbonyl (C=O) groups excluding carboxylic acids is 2. The van der Waals surface area contributed by atoms with Crippen molar-refractivity contribution in [3.63, 3.8) is 0 Å². The van der Waals surface area contributed by atoms with Gasteiger partial charge in [0.05, 0.1) is 11.3 Å². The molecular formula is C17H14ClF3N2O3. The van der Waals surface area contributed by atoms with Crippen molar-refractivity contribution in [2.45, 2.75) is 6.18 Å². The van der Waals surface area contributed by atoms with Gasteiger partial charge in [0.1, 0.15) is 12.3 Å². The Morgan fingerprint density at radius 1 is 1.08 bits per heavy atom. The fourth-order valence-electron chi connectivity index (χ4n) is 1.96. The predicted molar refractivity (Wildman–Crippen MR) is 90.4 cm³/mol. The van der Waals surface area contributed by atoms with Crippen LogP contribution >= 0.6 is 11.6 Å². The summed E-state index contributed by atoms with van der Waals surface area (Å²) in [6.45, 7) is -1.83. The molecule has 26 heavy (non-hydrogen) atoms. The van der Waals surface area contributed by atoms with Gasteiger partial charge in [-0.15, -0.1) is 0 Å². The molecule has 0 aromatic heterocycles. The monoisotopic (exact) mass is 386 g/mol. The maximum Gasteiger partial charge on any atom is 0.405 e. The third-order valence-electron chi connectivity index (χ3n) is 3.06. The molecule has 138 valence electrons. The summed E-state index contributed by atoms with van der Waals surface area (Å²) in [7, 11) is 0. The molecule has 2 N–H and O–H groups in total. The van der Waals surface area contributed by atoms with E-state index in [1.165, 1.54) is 30.3 Å². The van der Waals surface area contributed by atoms with Gasteiger partial charge in [0.2, 0.25) is 0 Å². The lowest BCUT2D eigenvalue weighted by Gasteiger charge is -2.13. The van der Waals surface area contributed by atoms with Crippen LogP contribution in [0.5, 0.6) is 5.75 Å². The highest BCUT2D eigenvalue weighted by molar-refractivity contribution is 6.30. The number of alkyl halides is 3. The van der Waals surface area contributed by atoms with Gasteiger partial charge < -0.3 is 15.4 Å². The zero-order chi connectivity index (χ0) is 19.2. The molecule has 2 amide bonds. The van der Waals surface area contributed by atoms with Crippen LogP contribution in [-0.4, -0.2) is 31.1 Å².